The Bertz CT molecular complexity index is 754. The zero-order chi connectivity index (χ0) is 17.2. The quantitative estimate of drug-likeness (QED) is 0.906. The van der Waals surface area contributed by atoms with Crippen molar-refractivity contribution in [3.8, 4) is 0 Å². The van der Waals surface area contributed by atoms with Crippen molar-refractivity contribution < 1.29 is 4.79 Å². The van der Waals surface area contributed by atoms with Crippen LogP contribution in [0, 0.1) is 5.92 Å². The number of hydrogen-bond donors (Lipinski definition) is 1. The molecule has 1 amide bonds. The molecule has 3 saturated heterocycles. The molecular formula is C21H23ClN2O. The Morgan fingerprint density at radius 1 is 1.08 bits per heavy atom. The smallest absolute Gasteiger partial charge is 0.251 e. The lowest BCUT2D eigenvalue weighted by molar-refractivity contribution is 0.0620. The van der Waals surface area contributed by atoms with Gasteiger partial charge in [-0.05, 0) is 61.5 Å². The molecule has 25 heavy (non-hydrogen) atoms. The molecule has 0 spiro atoms. The van der Waals surface area contributed by atoms with Gasteiger partial charge < -0.3 is 10.2 Å². The zero-order valence-electron chi connectivity index (χ0n) is 14.2. The molecule has 3 heterocycles. The summed E-state index contributed by atoms with van der Waals surface area (Å²) >= 11 is 6.44. The van der Waals surface area contributed by atoms with E-state index in [0.29, 0.717) is 22.9 Å². The van der Waals surface area contributed by atoms with Crippen molar-refractivity contribution in [3.63, 3.8) is 0 Å². The van der Waals surface area contributed by atoms with Crippen LogP contribution in [0.4, 0.5) is 0 Å². The molecule has 0 saturated carbocycles. The third kappa shape index (κ3) is 3.58. The molecule has 0 aliphatic carbocycles. The van der Waals surface area contributed by atoms with Gasteiger partial charge in [-0.3, -0.25) is 4.79 Å². The molecule has 4 heteroatoms. The second-order valence-electron chi connectivity index (χ2n) is 7.15. The van der Waals surface area contributed by atoms with Gasteiger partial charge in [0.1, 0.15) is 0 Å². The van der Waals surface area contributed by atoms with Gasteiger partial charge in [0.2, 0.25) is 0 Å². The predicted octanol–water partition coefficient (Wildman–Crippen LogP) is 3.75. The second kappa shape index (κ2) is 7.19. The molecule has 2 aromatic rings. The first-order valence-corrected chi connectivity index (χ1v) is 9.43. The normalized spacial score (nSPS) is 24.9. The van der Waals surface area contributed by atoms with Gasteiger partial charge in [0.25, 0.3) is 5.91 Å². The van der Waals surface area contributed by atoms with E-state index in [4.69, 9.17) is 11.6 Å². The fraction of sp³-hybridized carbons (Fsp3) is 0.381. The van der Waals surface area contributed by atoms with E-state index in [-0.39, 0.29) is 11.9 Å². The molecule has 3 nitrogen and oxygen atoms in total. The van der Waals surface area contributed by atoms with Crippen LogP contribution < -0.4 is 5.32 Å². The topological polar surface area (TPSA) is 32.3 Å². The van der Waals surface area contributed by atoms with Gasteiger partial charge in [-0.1, -0.05) is 48.0 Å². The molecule has 0 aromatic heterocycles. The van der Waals surface area contributed by atoms with Gasteiger partial charge in [0, 0.05) is 23.2 Å². The Kier molecular flexibility index (Phi) is 4.78. The van der Waals surface area contributed by atoms with Crippen molar-refractivity contribution in [3.05, 3.63) is 70.2 Å². The van der Waals surface area contributed by atoms with Gasteiger partial charge in [-0.25, -0.2) is 0 Å². The number of carbonyl (C=O) groups is 1. The lowest BCUT2D eigenvalue weighted by Gasteiger charge is -2.45. The van der Waals surface area contributed by atoms with E-state index in [0.717, 1.165) is 17.7 Å². The lowest BCUT2D eigenvalue weighted by atomic mass is 9.84. The minimum Gasteiger partial charge on any atom is -0.348 e. The summed E-state index contributed by atoms with van der Waals surface area (Å²) < 4.78 is 0. The minimum absolute atomic E-state index is 0.00665. The molecule has 3 fully saturated rings. The predicted molar refractivity (Wildman–Crippen MR) is 101 cm³/mol. The van der Waals surface area contributed by atoms with Crippen molar-refractivity contribution in [2.45, 2.75) is 25.3 Å². The number of nitrogens with zero attached hydrogens (tertiary/aromatic N) is 1. The van der Waals surface area contributed by atoms with Crippen molar-refractivity contribution in [1.29, 1.82) is 0 Å². The number of fused-ring (bicyclic) bond motifs is 3. The molecule has 1 atom stereocenters. The van der Waals surface area contributed by atoms with Gasteiger partial charge in [-0.15, -0.1) is 0 Å². The average Bonchev–Trinajstić information content (AvgIpc) is 2.65. The Labute approximate surface area is 154 Å². The van der Waals surface area contributed by atoms with Crippen LogP contribution in [-0.2, 0) is 6.42 Å². The number of rotatable bonds is 4. The van der Waals surface area contributed by atoms with Crippen molar-refractivity contribution in [2.75, 3.05) is 19.6 Å². The highest BCUT2D eigenvalue weighted by Crippen LogP contribution is 2.28. The number of halogens is 1. The summed E-state index contributed by atoms with van der Waals surface area (Å²) in [5.41, 5.74) is 2.77. The highest BCUT2D eigenvalue weighted by molar-refractivity contribution is 6.32. The molecule has 1 N–H and O–H groups in total. The molecule has 3 aliphatic heterocycles. The van der Waals surface area contributed by atoms with Crippen LogP contribution in [0.15, 0.2) is 48.5 Å². The number of nitrogens with one attached hydrogen (secondary N) is 1. The highest BCUT2D eigenvalue weighted by atomic mass is 35.5. The van der Waals surface area contributed by atoms with Crippen LogP contribution in [0.2, 0.25) is 5.02 Å². The second-order valence-corrected chi connectivity index (χ2v) is 7.55. The van der Waals surface area contributed by atoms with E-state index < -0.39 is 0 Å². The SMILES string of the molecule is O=C(NC1CN2CCC1CC2)c1cccc(Cl)c1Cc1ccccc1. The molecule has 2 aromatic carbocycles. The van der Waals surface area contributed by atoms with E-state index in [1.54, 1.807) is 0 Å². The summed E-state index contributed by atoms with van der Waals surface area (Å²) in [5.74, 6) is 0.623. The Hall–Kier alpha value is -1.84. The van der Waals surface area contributed by atoms with Crippen LogP contribution in [0.5, 0.6) is 0 Å². The summed E-state index contributed by atoms with van der Waals surface area (Å²) in [7, 11) is 0. The van der Waals surface area contributed by atoms with Gasteiger partial charge >= 0.3 is 0 Å². The molecule has 0 radical (unpaired) electrons. The van der Waals surface area contributed by atoms with E-state index in [2.05, 4.69) is 22.3 Å². The van der Waals surface area contributed by atoms with Gasteiger partial charge in [-0.2, -0.15) is 0 Å². The monoisotopic (exact) mass is 354 g/mol. The third-order valence-corrected chi connectivity index (χ3v) is 5.91. The molecule has 1 unspecified atom stereocenters. The Morgan fingerprint density at radius 3 is 2.52 bits per heavy atom. The van der Waals surface area contributed by atoms with E-state index in [1.807, 2.05) is 36.4 Å². The summed E-state index contributed by atoms with van der Waals surface area (Å²) in [4.78, 5) is 15.4. The van der Waals surface area contributed by atoms with Crippen molar-refractivity contribution in [1.82, 2.24) is 10.2 Å². The molecular weight excluding hydrogens is 332 g/mol. The highest BCUT2D eigenvalue weighted by Gasteiger charge is 2.35. The number of carbonyl (C=O) groups excluding carboxylic acids is 1. The minimum atomic E-state index is 0.00665. The maximum absolute atomic E-state index is 13.0. The van der Waals surface area contributed by atoms with Gasteiger partial charge in [0.05, 0.1) is 0 Å². The molecule has 2 bridgehead atoms. The Morgan fingerprint density at radius 2 is 1.84 bits per heavy atom. The van der Waals surface area contributed by atoms with E-state index in [1.165, 1.54) is 25.9 Å². The van der Waals surface area contributed by atoms with Crippen LogP contribution in [0.1, 0.15) is 34.3 Å². The third-order valence-electron chi connectivity index (χ3n) is 5.56. The largest absolute Gasteiger partial charge is 0.348 e. The first-order chi connectivity index (χ1) is 12.2. The maximum Gasteiger partial charge on any atom is 0.251 e. The molecule has 3 aliphatic rings. The maximum atomic E-state index is 13.0. The lowest BCUT2D eigenvalue weighted by Crippen LogP contribution is -2.57. The van der Waals surface area contributed by atoms with Crippen LogP contribution in [0.3, 0.4) is 0 Å². The van der Waals surface area contributed by atoms with Crippen LogP contribution in [0.25, 0.3) is 0 Å². The van der Waals surface area contributed by atoms with Crippen molar-refractivity contribution in [2.24, 2.45) is 5.92 Å². The van der Waals surface area contributed by atoms with Crippen LogP contribution >= 0.6 is 11.6 Å². The number of amides is 1. The average molecular weight is 355 g/mol. The molecule has 5 rings (SSSR count). The van der Waals surface area contributed by atoms with E-state index >= 15 is 0 Å². The summed E-state index contributed by atoms with van der Waals surface area (Å²) in [6, 6.07) is 16.0. The fourth-order valence-electron chi connectivity index (χ4n) is 4.13. The first-order valence-electron chi connectivity index (χ1n) is 9.05. The Balaban J connectivity index is 1.55. The first kappa shape index (κ1) is 16.6. The standard InChI is InChI=1S/C21H23ClN2O/c22-19-8-4-7-17(18(19)13-15-5-2-1-3-6-15)21(25)23-20-14-24-11-9-16(20)10-12-24/h1-8,16,20H,9-14H2,(H,23,25). The van der Waals surface area contributed by atoms with E-state index in [9.17, 15) is 4.79 Å². The number of hydrogen-bond acceptors (Lipinski definition) is 2. The molecule has 130 valence electrons. The van der Waals surface area contributed by atoms with Crippen molar-refractivity contribution >= 4 is 17.5 Å². The number of piperidine rings is 3. The van der Waals surface area contributed by atoms with Gasteiger partial charge in [0.15, 0.2) is 0 Å². The fourth-order valence-corrected chi connectivity index (χ4v) is 4.37. The summed E-state index contributed by atoms with van der Waals surface area (Å²) in [5, 5.41) is 3.94. The summed E-state index contributed by atoms with van der Waals surface area (Å²) in [6.07, 6.45) is 3.05. The summed E-state index contributed by atoms with van der Waals surface area (Å²) in [6.45, 7) is 3.33. The zero-order valence-corrected chi connectivity index (χ0v) is 15.0. The number of benzene rings is 2. The van der Waals surface area contributed by atoms with Crippen LogP contribution in [-0.4, -0.2) is 36.5 Å².